The Hall–Kier alpha value is -0.160. The Balaban J connectivity index is 2.09. The van der Waals surface area contributed by atoms with Gasteiger partial charge < -0.3 is 19.7 Å². The maximum absolute atomic E-state index is 9.16. The van der Waals surface area contributed by atoms with Crippen LogP contribution in [0.25, 0.3) is 0 Å². The lowest BCUT2D eigenvalue weighted by Crippen LogP contribution is -2.30. The molecule has 1 unspecified atom stereocenters. The minimum Gasteiger partial charge on any atom is -0.388 e. The summed E-state index contributed by atoms with van der Waals surface area (Å²) in [7, 11) is 0. The summed E-state index contributed by atoms with van der Waals surface area (Å²) in [5.74, 6) is 0. The molecule has 0 aromatic rings. The first-order valence-electron chi connectivity index (χ1n) is 3.38. The Morgan fingerprint density at radius 3 is 1.70 bits per heavy atom. The van der Waals surface area contributed by atoms with Crippen LogP contribution in [0.2, 0.25) is 0 Å². The molecular weight excluding hydrogens is 136 g/mol. The van der Waals surface area contributed by atoms with Crippen LogP contribution in [-0.4, -0.2) is 47.8 Å². The van der Waals surface area contributed by atoms with E-state index < -0.39 is 12.2 Å². The molecule has 4 atom stereocenters. The highest BCUT2D eigenvalue weighted by Crippen LogP contribution is 2.26. The summed E-state index contributed by atoms with van der Waals surface area (Å²) < 4.78 is 10.2. The number of rotatable bonds is 0. The maximum Gasteiger partial charge on any atom is 0.114 e. The molecule has 2 heterocycles. The van der Waals surface area contributed by atoms with Gasteiger partial charge in [0.05, 0.1) is 13.2 Å². The Labute approximate surface area is 58.4 Å². The molecule has 2 saturated heterocycles. The van der Waals surface area contributed by atoms with Crippen LogP contribution in [0.4, 0.5) is 0 Å². The molecule has 4 nitrogen and oxygen atoms in total. The second-order valence-electron chi connectivity index (χ2n) is 2.73. The predicted molar refractivity (Wildman–Crippen MR) is 31.5 cm³/mol. The summed E-state index contributed by atoms with van der Waals surface area (Å²) in [6, 6.07) is 0. The van der Waals surface area contributed by atoms with E-state index in [0.717, 1.165) is 0 Å². The van der Waals surface area contributed by atoms with E-state index in [9.17, 15) is 0 Å². The van der Waals surface area contributed by atoms with Crippen LogP contribution >= 0.6 is 0 Å². The van der Waals surface area contributed by atoms with Gasteiger partial charge in [0, 0.05) is 0 Å². The SMILES string of the molecule is O[C@@H]1CO[C@@H]2C1OC[C@H]2O. The Kier molecular flexibility index (Phi) is 1.42. The Bertz CT molecular complexity index is 122. The summed E-state index contributed by atoms with van der Waals surface area (Å²) in [6.07, 6.45) is -1.70. The molecule has 0 amide bonds. The quantitative estimate of drug-likeness (QED) is 0.437. The zero-order valence-electron chi connectivity index (χ0n) is 5.43. The van der Waals surface area contributed by atoms with E-state index >= 15 is 0 Å². The van der Waals surface area contributed by atoms with Crippen molar-refractivity contribution in [2.75, 3.05) is 13.2 Å². The van der Waals surface area contributed by atoms with Crippen LogP contribution in [0, 0.1) is 0 Å². The van der Waals surface area contributed by atoms with Crippen LogP contribution in [0.3, 0.4) is 0 Å². The van der Waals surface area contributed by atoms with E-state index in [4.69, 9.17) is 19.7 Å². The number of fused-ring (bicyclic) bond motifs is 1. The summed E-state index contributed by atoms with van der Waals surface area (Å²) >= 11 is 0. The van der Waals surface area contributed by atoms with E-state index in [1.165, 1.54) is 0 Å². The van der Waals surface area contributed by atoms with Gasteiger partial charge in [0.1, 0.15) is 24.4 Å². The van der Waals surface area contributed by atoms with Gasteiger partial charge in [-0.25, -0.2) is 0 Å². The molecule has 0 radical (unpaired) electrons. The van der Waals surface area contributed by atoms with Crippen molar-refractivity contribution in [1.82, 2.24) is 0 Å². The van der Waals surface area contributed by atoms with Crippen molar-refractivity contribution in [3.8, 4) is 0 Å². The zero-order chi connectivity index (χ0) is 7.14. The molecule has 4 heteroatoms. The lowest BCUT2D eigenvalue weighted by molar-refractivity contribution is 0.00205. The van der Waals surface area contributed by atoms with Gasteiger partial charge in [0.15, 0.2) is 0 Å². The van der Waals surface area contributed by atoms with Gasteiger partial charge in [0.2, 0.25) is 0 Å². The first-order chi connectivity index (χ1) is 4.79. The summed E-state index contributed by atoms with van der Waals surface area (Å²) in [5.41, 5.74) is 0. The van der Waals surface area contributed by atoms with Crippen molar-refractivity contribution in [2.24, 2.45) is 0 Å². The maximum atomic E-state index is 9.16. The molecule has 0 saturated carbocycles. The van der Waals surface area contributed by atoms with Crippen molar-refractivity contribution < 1.29 is 19.7 Å². The summed E-state index contributed by atoms with van der Waals surface area (Å²) in [6.45, 7) is 0.568. The molecule has 0 spiro atoms. The van der Waals surface area contributed by atoms with Gasteiger partial charge in [-0.15, -0.1) is 0 Å². The van der Waals surface area contributed by atoms with E-state index in [0.29, 0.717) is 0 Å². The molecule has 0 aromatic heterocycles. The van der Waals surface area contributed by atoms with E-state index in [1.54, 1.807) is 0 Å². The number of aliphatic hydroxyl groups is 2. The molecule has 2 aliphatic rings. The first kappa shape index (κ1) is 6.54. The second kappa shape index (κ2) is 2.17. The van der Waals surface area contributed by atoms with Gasteiger partial charge in [-0.05, 0) is 0 Å². The van der Waals surface area contributed by atoms with Crippen molar-refractivity contribution >= 4 is 0 Å². The molecule has 10 heavy (non-hydrogen) atoms. The molecule has 2 rings (SSSR count). The lowest BCUT2D eigenvalue weighted by Gasteiger charge is -2.09. The molecule has 2 N–H and O–H groups in total. The molecule has 0 aliphatic carbocycles. The van der Waals surface area contributed by atoms with Crippen LogP contribution in [0.15, 0.2) is 0 Å². The second-order valence-corrected chi connectivity index (χ2v) is 2.73. The Morgan fingerprint density at radius 1 is 0.900 bits per heavy atom. The fourth-order valence-electron chi connectivity index (χ4n) is 1.46. The molecule has 0 aromatic carbocycles. The fourth-order valence-corrected chi connectivity index (χ4v) is 1.46. The van der Waals surface area contributed by atoms with E-state index in [2.05, 4.69) is 0 Å². The minimum absolute atomic E-state index is 0.284. The average molecular weight is 146 g/mol. The third-order valence-electron chi connectivity index (χ3n) is 2.00. The molecule has 2 fully saturated rings. The Morgan fingerprint density at radius 2 is 1.30 bits per heavy atom. The van der Waals surface area contributed by atoms with Gasteiger partial charge >= 0.3 is 0 Å². The summed E-state index contributed by atoms with van der Waals surface area (Å²) in [4.78, 5) is 0. The molecule has 0 bridgehead atoms. The highest BCUT2D eigenvalue weighted by Gasteiger charge is 2.46. The topological polar surface area (TPSA) is 58.9 Å². The summed E-state index contributed by atoms with van der Waals surface area (Å²) in [5, 5.41) is 18.3. The standard InChI is InChI=1S/C6H10O4/c7-3-1-9-6-4(8)2-10-5(3)6/h3-8H,1-2H2/t3-,4-,5+,6?/m1/s1. The van der Waals surface area contributed by atoms with Crippen LogP contribution in [-0.2, 0) is 9.47 Å². The monoisotopic (exact) mass is 146 g/mol. The molecule has 2 aliphatic heterocycles. The first-order valence-corrected chi connectivity index (χ1v) is 3.38. The number of hydrogen-bond donors (Lipinski definition) is 2. The van der Waals surface area contributed by atoms with Gasteiger partial charge in [0.25, 0.3) is 0 Å². The van der Waals surface area contributed by atoms with Crippen LogP contribution < -0.4 is 0 Å². The molecular formula is C6H10O4. The largest absolute Gasteiger partial charge is 0.388 e. The van der Waals surface area contributed by atoms with E-state index in [1.807, 2.05) is 0 Å². The third kappa shape index (κ3) is 0.769. The van der Waals surface area contributed by atoms with Gasteiger partial charge in [-0.1, -0.05) is 0 Å². The van der Waals surface area contributed by atoms with Crippen molar-refractivity contribution in [3.05, 3.63) is 0 Å². The van der Waals surface area contributed by atoms with E-state index in [-0.39, 0.29) is 25.4 Å². The van der Waals surface area contributed by atoms with Crippen molar-refractivity contribution in [1.29, 1.82) is 0 Å². The average Bonchev–Trinajstić information content (AvgIpc) is 2.41. The normalized spacial score (nSPS) is 53.4. The fraction of sp³-hybridized carbons (Fsp3) is 1.00. The number of ether oxygens (including phenoxy) is 2. The third-order valence-corrected chi connectivity index (χ3v) is 2.00. The lowest BCUT2D eigenvalue weighted by atomic mass is 10.1. The van der Waals surface area contributed by atoms with Crippen LogP contribution in [0.5, 0.6) is 0 Å². The highest BCUT2D eigenvalue weighted by atomic mass is 16.6. The molecule has 58 valence electrons. The van der Waals surface area contributed by atoms with Crippen molar-refractivity contribution in [2.45, 2.75) is 24.4 Å². The highest BCUT2D eigenvalue weighted by molar-refractivity contribution is 4.93. The smallest absolute Gasteiger partial charge is 0.114 e. The zero-order valence-corrected chi connectivity index (χ0v) is 5.43. The van der Waals surface area contributed by atoms with Gasteiger partial charge in [-0.2, -0.15) is 0 Å². The predicted octanol–water partition coefficient (Wildman–Crippen LogP) is -1.49. The van der Waals surface area contributed by atoms with Crippen LogP contribution in [0.1, 0.15) is 0 Å². The van der Waals surface area contributed by atoms with Gasteiger partial charge in [-0.3, -0.25) is 0 Å². The number of aliphatic hydroxyl groups excluding tert-OH is 2. The van der Waals surface area contributed by atoms with Crippen molar-refractivity contribution in [3.63, 3.8) is 0 Å². The minimum atomic E-state index is -0.554. The number of hydrogen-bond acceptors (Lipinski definition) is 4.